The molecule has 0 aliphatic carbocycles. The van der Waals surface area contributed by atoms with Crippen LogP contribution in [0.4, 0.5) is 5.69 Å². The molecule has 1 rings (SSSR count). The number of hydrogen-bond acceptors (Lipinski definition) is 5. The monoisotopic (exact) mass is 312 g/mol. The van der Waals surface area contributed by atoms with Gasteiger partial charge in [-0.1, -0.05) is 22.0 Å². The Balaban J connectivity index is 2.84. The van der Waals surface area contributed by atoms with Gasteiger partial charge in [0.25, 0.3) is 0 Å². The van der Waals surface area contributed by atoms with Gasteiger partial charge < -0.3 is 14.8 Å². The number of carbonyl (C=O) groups is 1. The van der Waals surface area contributed by atoms with Crippen molar-refractivity contribution >= 4 is 27.6 Å². The van der Waals surface area contributed by atoms with Gasteiger partial charge in [0, 0.05) is 6.54 Å². The number of benzene rings is 1. The minimum Gasteiger partial charge on any atom is -0.495 e. The van der Waals surface area contributed by atoms with E-state index in [4.69, 9.17) is 10.00 Å². The summed E-state index contributed by atoms with van der Waals surface area (Å²) in [6.07, 6.45) is 0. The Hall–Kier alpha value is -1.74. The van der Waals surface area contributed by atoms with Gasteiger partial charge in [-0.2, -0.15) is 5.26 Å². The number of carbonyl (C=O) groups excluding carboxylic acids is 1. The van der Waals surface area contributed by atoms with Crippen molar-refractivity contribution < 1.29 is 14.3 Å². The lowest BCUT2D eigenvalue weighted by Crippen LogP contribution is -2.24. The van der Waals surface area contributed by atoms with Crippen molar-refractivity contribution in [1.29, 1.82) is 5.26 Å². The van der Waals surface area contributed by atoms with Crippen molar-refractivity contribution in [3.8, 4) is 11.8 Å². The van der Waals surface area contributed by atoms with E-state index >= 15 is 0 Å². The Morgan fingerprint density at radius 3 is 2.83 bits per heavy atom. The third kappa shape index (κ3) is 3.37. The average Bonchev–Trinajstić information content (AvgIpc) is 2.43. The molecule has 1 atom stereocenters. The fourth-order valence-electron chi connectivity index (χ4n) is 1.38. The average molecular weight is 313 g/mol. The quantitative estimate of drug-likeness (QED) is 0.664. The molecule has 1 unspecified atom stereocenters. The van der Waals surface area contributed by atoms with Gasteiger partial charge in [0.15, 0.2) is 0 Å². The molecule has 6 heteroatoms. The van der Waals surface area contributed by atoms with E-state index in [9.17, 15) is 4.79 Å². The van der Waals surface area contributed by atoms with E-state index in [1.54, 1.807) is 18.2 Å². The molecule has 1 aromatic rings. The SMILES string of the molecule is COC(=O)C(Br)CNc1c(C#N)cccc1OC. The van der Waals surface area contributed by atoms with E-state index in [-0.39, 0.29) is 5.97 Å². The topological polar surface area (TPSA) is 71.3 Å². The predicted molar refractivity (Wildman–Crippen MR) is 70.9 cm³/mol. The third-order valence-electron chi connectivity index (χ3n) is 2.28. The zero-order chi connectivity index (χ0) is 13.5. The molecule has 0 saturated heterocycles. The van der Waals surface area contributed by atoms with E-state index in [2.05, 4.69) is 32.1 Å². The van der Waals surface area contributed by atoms with E-state index in [1.165, 1.54) is 14.2 Å². The number of para-hydroxylation sites is 1. The van der Waals surface area contributed by atoms with Crippen LogP contribution in [0.15, 0.2) is 18.2 Å². The maximum Gasteiger partial charge on any atom is 0.321 e. The maximum absolute atomic E-state index is 11.2. The van der Waals surface area contributed by atoms with Gasteiger partial charge in [-0.25, -0.2) is 0 Å². The van der Waals surface area contributed by atoms with E-state index in [1.807, 2.05) is 0 Å². The summed E-state index contributed by atoms with van der Waals surface area (Å²) >= 11 is 3.19. The van der Waals surface area contributed by atoms with Gasteiger partial charge >= 0.3 is 5.97 Å². The number of methoxy groups -OCH3 is 2. The van der Waals surface area contributed by atoms with Gasteiger partial charge in [0.2, 0.25) is 0 Å². The highest BCUT2D eigenvalue weighted by atomic mass is 79.9. The Morgan fingerprint density at radius 2 is 2.28 bits per heavy atom. The second-order valence-electron chi connectivity index (χ2n) is 3.37. The zero-order valence-corrected chi connectivity index (χ0v) is 11.7. The van der Waals surface area contributed by atoms with Crippen LogP contribution in [-0.2, 0) is 9.53 Å². The molecule has 1 N–H and O–H groups in total. The molecule has 0 amide bonds. The van der Waals surface area contributed by atoms with Crippen LogP contribution in [0.25, 0.3) is 0 Å². The Morgan fingerprint density at radius 1 is 1.56 bits per heavy atom. The molecule has 0 bridgehead atoms. The number of rotatable bonds is 5. The normalized spacial score (nSPS) is 11.2. The Labute approximate surface area is 114 Å². The molecule has 0 aromatic heterocycles. The number of nitrogens with zero attached hydrogens (tertiary/aromatic N) is 1. The minimum absolute atomic E-state index is 0.293. The Kier molecular flexibility index (Phi) is 5.46. The number of hydrogen-bond donors (Lipinski definition) is 1. The van der Waals surface area contributed by atoms with Crippen molar-refractivity contribution in [1.82, 2.24) is 0 Å². The fourth-order valence-corrected chi connectivity index (χ4v) is 1.73. The molecule has 0 saturated carbocycles. The molecule has 1 aromatic carbocycles. The summed E-state index contributed by atoms with van der Waals surface area (Å²) in [6, 6.07) is 7.21. The number of halogens is 1. The molecule has 96 valence electrons. The van der Waals surface area contributed by atoms with Crippen LogP contribution >= 0.6 is 15.9 Å². The smallest absolute Gasteiger partial charge is 0.321 e. The molecule has 5 nitrogen and oxygen atoms in total. The number of anilines is 1. The van der Waals surface area contributed by atoms with Crippen molar-refractivity contribution in [3.63, 3.8) is 0 Å². The van der Waals surface area contributed by atoms with Gasteiger partial charge in [-0.05, 0) is 12.1 Å². The molecule has 0 fully saturated rings. The number of ether oxygens (including phenoxy) is 2. The first-order valence-corrected chi connectivity index (χ1v) is 6.08. The number of nitriles is 1. The van der Waals surface area contributed by atoms with Crippen molar-refractivity contribution in [2.24, 2.45) is 0 Å². The molecular formula is C12H13BrN2O3. The van der Waals surface area contributed by atoms with E-state index in [0.29, 0.717) is 23.5 Å². The number of nitrogens with one attached hydrogen (secondary N) is 1. The molecule has 0 heterocycles. The second-order valence-corrected chi connectivity index (χ2v) is 4.47. The first-order valence-electron chi connectivity index (χ1n) is 5.17. The van der Waals surface area contributed by atoms with Crippen LogP contribution < -0.4 is 10.1 Å². The number of alkyl halides is 1. The van der Waals surface area contributed by atoms with Gasteiger partial charge in [0.1, 0.15) is 16.6 Å². The van der Waals surface area contributed by atoms with E-state index in [0.717, 1.165) is 0 Å². The lowest BCUT2D eigenvalue weighted by atomic mass is 10.1. The lowest BCUT2D eigenvalue weighted by molar-refractivity contribution is -0.139. The van der Waals surface area contributed by atoms with Crippen LogP contribution in [0.5, 0.6) is 5.75 Å². The zero-order valence-electron chi connectivity index (χ0n) is 10.1. The maximum atomic E-state index is 11.2. The summed E-state index contributed by atoms with van der Waals surface area (Å²) in [5.74, 6) is 0.175. The third-order valence-corrected chi connectivity index (χ3v) is 2.98. The molecule has 0 radical (unpaired) electrons. The van der Waals surface area contributed by atoms with E-state index < -0.39 is 4.83 Å². The van der Waals surface area contributed by atoms with Crippen molar-refractivity contribution in [3.05, 3.63) is 23.8 Å². The highest BCUT2D eigenvalue weighted by molar-refractivity contribution is 9.10. The molecule has 0 spiro atoms. The second kappa shape index (κ2) is 6.87. The largest absolute Gasteiger partial charge is 0.495 e. The van der Waals surface area contributed by atoms with Crippen LogP contribution in [0.2, 0.25) is 0 Å². The lowest BCUT2D eigenvalue weighted by Gasteiger charge is -2.14. The predicted octanol–water partition coefficient (Wildman–Crippen LogP) is 1.92. The highest BCUT2D eigenvalue weighted by Crippen LogP contribution is 2.27. The van der Waals surface area contributed by atoms with Crippen LogP contribution in [0, 0.1) is 11.3 Å². The summed E-state index contributed by atoms with van der Waals surface area (Å²) in [6.45, 7) is 0.293. The molecule has 18 heavy (non-hydrogen) atoms. The highest BCUT2D eigenvalue weighted by Gasteiger charge is 2.16. The summed E-state index contributed by atoms with van der Waals surface area (Å²) in [5, 5.41) is 12.0. The summed E-state index contributed by atoms with van der Waals surface area (Å²) in [4.78, 5) is 10.7. The number of esters is 1. The summed E-state index contributed by atoms with van der Waals surface area (Å²) in [5.41, 5.74) is 1.02. The Bertz CT molecular complexity index is 471. The molecule has 0 aliphatic heterocycles. The van der Waals surface area contributed by atoms with Crippen LogP contribution in [0.1, 0.15) is 5.56 Å². The van der Waals surface area contributed by atoms with Crippen LogP contribution in [-0.4, -0.2) is 31.6 Å². The summed E-state index contributed by atoms with van der Waals surface area (Å²) < 4.78 is 9.75. The van der Waals surface area contributed by atoms with Gasteiger partial charge in [-0.15, -0.1) is 0 Å². The fraction of sp³-hybridized carbons (Fsp3) is 0.333. The minimum atomic E-state index is -0.487. The first-order chi connectivity index (χ1) is 8.63. The van der Waals surface area contributed by atoms with Crippen molar-refractivity contribution in [2.45, 2.75) is 4.83 Å². The molecular weight excluding hydrogens is 300 g/mol. The standard InChI is InChI=1S/C12H13BrN2O3/c1-17-10-5-3-4-8(6-14)11(10)15-7-9(13)12(16)18-2/h3-5,9,15H,7H2,1-2H3. The van der Waals surface area contributed by atoms with Gasteiger partial charge in [-0.3, -0.25) is 4.79 Å². The van der Waals surface area contributed by atoms with Crippen molar-refractivity contribution in [2.75, 3.05) is 26.1 Å². The molecule has 0 aliphatic rings. The van der Waals surface area contributed by atoms with Gasteiger partial charge in [0.05, 0.1) is 25.5 Å². The van der Waals surface area contributed by atoms with Crippen LogP contribution in [0.3, 0.4) is 0 Å². The first kappa shape index (κ1) is 14.3. The summed E-state index contributed by atoms with van der Waals surface area (Å²) in [7, 11) is 2.84.